The molecule has 0 aliphatic rings. The largest absolute Gasteiger partial charge is 0.357 e. The maximum absolute atomic E-state index is 4.52. The summed E-state index contributed by atoms with van der Waals surface area (Å²) in [6.07, 6.45) is 1.63. The van der Waals surface area contributed by atoms with Crippen molar-refractivity contribution < 1.29 is 0 Å². The van der Waals surface area contributed by atoms with Gasteiger partial charge in [-0.05, 0) is 19.1 Å². The summed E-state index contributed by atoms with van der Waals surface area (Å²) in [7, 11) is 3.77. The molecule has 102 valence electrons. The van der Waals surface area contributed by atoms with Crippen LogP contribution in [0.15, 0.2) is 30.6 Å². The van der Waals surface area contributed by atoms with E-state index in [1.54, 1.807) is 13.4 Å². The molecule has 6 nitrogen and oxygen atoms in total. The van der Waals surface area contributed by atoms with Gasteiger partial charge in [0, 0.05) is 19.8 Å². The van der Waals surface area contributed by atoms with E-state index < -0.39 is 0 Å². The zero-order valence-electron chi connectivity index (χ0n) is 11.7. The minimum Gasteiger partial charge on any atom is -0.357 e. The number of hydrogen-bond donors (Lipinski definition) is 2. The number of aryl methyl sites for hydroxylation is 1. The first-order valence-corrected chi connectivity index (χ1v) is 6.38. The van der Waals surface area contributed by atoms with Crippen molar-refractivity contribution in [3.05, 3.63) is 36.2 Å². The number of nitrogens with zero attached hydrogens (tertiary/aromatic N) is 4. The Morgan fingerprint density at radius 3 is 2.60 bits per heavy atom. The van der Waals surface area contributed by atoms with Gasteiger partial charge in [-0.25, -0.2) is 4.98 Å². The van der Waals surface area contributed by atoms with Crippen LogP contribution in [0.4, 0.5) is 17.5 Å². The van der Waals surface area contributed by atoms with Gasteiger partial charge in [-0.2, -0.15) is 9.97 Å². The number of fused-ring (bicyclic) bond motifs is 1. The summed E-state index contributed by atoms with van der Waals surface area (Å²) < 4.78 is 0. The standard InChI is InChI=1S/C14H16N6/c1-9-4-6-10(7-5-9)20(3)13-11-12(17-8-16-11)18-14(15-2)19-13/h4-8H,1-3H3,(H2,15,16,17,18,19). The van der Waals surface area contributed by atoms with E-state index in [0.717, 1.165) is 17.0 Å². The van der Waals surface area contributed by atoms with Crippen molar-refractivity contribution in [3.8, 4) is 0 Å². The Bertz CT molecular complexity index is 731. The van der Waals surface area contributed by atoms with Crippen molar-refractivity contribution in [2.45, 2.75) is 6.92 Å². The average Bonchev–Trinajstić information content (AvgIpc) is 2.94. The van der Waals surface area contributed by atoms with Crippen LogP contribution in [0.25, 0.3) is 11.2 Å². The van der Waals surface area contributed by atoms with Gasteiger partial charge in [-0.15, -0.1) is 0 Å². The minimum atomic E-state index is 0.554. The maximum atomic E-state index is 4.52. The fourth-order valence-corrected chi connectivity index (χ4v) is 2.06. The number of aromatic amines is 1. The van der Waals surface area contributed by atoms with Crippen LogP contribution in [-0.2, 0) is 0 Å². The lowest BCUT2D eigenvalue weighted by Gasteiger charge is -2.19. The van der Waals surface area contributed by atoms with Gasteiger partial charge in [0.15, 0.2) is 11.5 Å². The molecule has 0 atom stereocenters. The monoisotopic (exact) mass is 268 g/mol. The minimum absolute atomic E-state index is 0.554. The number of H-pyrrole nitrogens is 1. The second kappa shape index (κ2) is 4.80. The van der Waals surface area contributed by atoms with Gasteiger partial charge >= 0.3 is 0 Å². The maximum Gasteiger partial charge on any atom is 0.226 e. The Morgan fingerprint density at radius 2 is 1.90 bits per heavy atom. The molecule has 0 radical (unpaired) electrons. The fraction of sp³-hybridized carbons (Fsp3) is 0.214. The summed E-state index contributed by atoms with van der Waals surface area (Å²) in [5, 5.41) is 2.96. The first-order valence-electron chi connectivity index (χ1n) is 6.38. The number of benzene rings is 1. The normalized spacial score (nSPS) is 10.8. The molecule has 1 aromatic carbocycles. The summed E-state index contributed by atoms with van der Waals surface area (Å²) in [6.45, 7) is 2.07. The van der Waals surface area contributed by atoms with Crippen molar-refractivity contribution in [1.29, 1.82) is 0 Å². The van der Waals surface area contributed by atoms with Gasteiger partial charge in [0.2, 0.25) is 5.95 Å². The van der Waals surface area contributed by atoms with Crippen LogP contribution in [0.3, 0.4) is 0 Å². The highest BCUT2D eigenvalue weighted by atomic mass is 15.2. The van der Waals surface area contributed by atoms with Gasteiger partial charge in [-0.1, -0.05) is 17.7 Å². The number of imidazole rings is 1. The molecule has 0 aliphatic heterocycles. The highest BCUT2D eigenvalue weighted by molar-refractivity contribution is 5.86. The van der Waals surface area contributed by atoms with Crippen LogP contribution in [0.1, 0.15) is 5.56 Å². The van der Waals surface area contributed by atoms with E-state index in [1.807, 2.05) is 11.9 Å². The molecule has 2 N–H and O–H groups in total. The molecule has 2 heterocycles. The third-order valence-corrected chi connectivity index (χ3v) is 3.23. The Labute approximate surface area is 116 Å². The molecule has 0 bridgehead atoms. The van der Waals surface area contributed by atoms with E-state index in [0.29, 0.717) is 11.6 Å². The number of aromatic nitrogens is 4. The molecule has 0 saturated carbocycles. The SMILES string of the molecule is CNc1nc(N(C)c2ccc(C)cc2)c2[nH]cnc2n1. The molecular formula is C14H16N6. The lowest BCUT2D eigenvalue weighted by atomic mass is 10.2. The van der Waals surface area contributed by atoms with Gasteiger partial charge in [0.25, 0.3) is 0 Å². The molecule has 3 aromatic rings. The lowest BCUT2D eigenvalue weighted by Crippen LogP contribution is -2.13. The van der Waals surface area contributed by atoms with E-state index in [2.05, 4.69) is 56.4 Å². The van der Waals surface area contributed by atoms with E-state index in [4.69, 9.17) is 0 Å². The van der Waals surface area contributed by atoms with E-state index in [-0.39, 0.29) is 0 Å². The van der Waals surface area contributed by atoms with Gasteiger partial charge in [-0.3, -0.25) is 0 Å². The van der Waals surface area contributed by atoms with Crippen molar-refractivity contribution >= 4 is 28.6 Å². The van der Waals surface area contributed by atoms with Gasteiger partial charge < -0.3 is 15.2 Å². The number of nitrogens with one attached hydrogen (secondary N) is 2. The molecular weight excluding hydrogens is 252 g/mol. The van der Waals surface area contributed by atoms with Crippen LogP contribution >= 0.6 is 0 Å². The third-order valence-electron chi connectivity index (χ3n) is 3.23. The van der Waals surface area contributed by atoms with Crippen molar-refractivity contribution in [1.82, 2.24) is 19.9 Å². The first kappa shape index (κ1) is 12.4. The van der Waals surface area contributed by atoms with Crippen LogP contribution < -0.4 is 10.2 Å². The Balaban J connectivity index is 2.12. The summed E-state index contributed by atoms with van der Waals surface area (Å²) in [4.78, 5) is 18.2. The van der Waals surface area contributed by atoms with Crippen molar-refractivity contribution in [3.63, 3.8) is 0 Å². The summed E-state index contributed by atoms with van der Waals surface area (Å²) >= 11 is 0. The van der Waals surface area contributed by atoms with Crippen LogP contribution in [-0.4, -0.2) is 34.0 Å². The second-order valence-electron chi connectivity index (χ2n) is 4.62. The predicted molar refractivity (Wildman–Crippen MR) is 80.5 cm³/mol. The zero-order valence-corrected chi connectivity index (χ0v) is 11.7. The quantitative estimate of drug-likeness (QED) is 0.763. The van der Waals surface area contributed by atoms with E-state index in [1.165, 1.54) is 5.56 Å². The molecule has 0 unspecified atom stereocenters. The molecule has 0 saturated heterocycles. The van der Waals surface area contributed by atoms with Crippen molar-refractivity contribution in [2.75, 3.05) is 24.3 Å². The number of rotatable bonds is 3. The smallest absolute Gasteiger partial charge is 0.226 e. The Morgan fingerprint density at radius 1 is 1.15 bits per heavy atom. The summed E-state index contributed by atoms with van der Waals surface area (Å²) in [5.41, 5.74) is 3.77. The van der Waals surface area contributed by atoms with Crippen LogP contribution in [0.5, 0.6) is 0 Å². The fourth-order valence-electron chi connectivity index (χ4n) is 2.06. The van der Waals surface area contributed by atoms with Crippen molar-refractivity contribution in [2.24, 2.45) is 0 Å². The second-order valence-corrected chi connectivity index (χ2v) is 4.62. The van der Waals surface area contributed by atoms with Crippen LogP contribution in [0.2, 0.25) is 0 Å². The molecule has 20 heavy (non-hydrogen) atoms. The molecule has 2 aromatic heterocycles. The molecule has 6 heteroatoms. The van der Waals surface area contributed by atoms with Gasteiger partial charge in [0.05, 0.1) is 6.33 Å². The average molecular weight is 268 g/mol. The topological polar surface area (TPSA) is 69.7 Å². The molecule has 0 amide bonds. The van der Waals surface area contributed by atoms with E-state index >= 15 is 0 Å². The summed E-state index contributed by atoms with van der Waals surface area (Å²) in [5.74, 6) is 1.35. The molecule has 3 rings (SSSR count). The third kappa shape index (κ3) is 2.05. The zero-order chi connectivity index (χ0) is 14.1. The highest BCUT2D eigenvalue weighted by Crippen LogP contribution is 2.27. The number of anilines is 3. The lowest BCUT2D eigenvalue weighted by molar-refractivity contribution is 1.10. The first-order chi connectivity index (χ1) is 9.69. The van der Waals surface area contributed by atoms with Gasteiger partial charge in [0.1, 0.15) is 5.52 Å². The van der Waals surface area contributed by atoms with Crippen LogP contribution in [0, 0.1) is 6.92 Å². The molecule has 0 spiro atoms. The highest BCUT2D eigenvalue weighted by Gasteiger charge is 2.14. The number of hydrogen-bond acceptors (Lipinski definition) is 5. The molecule has 0 fully saturated rings. The predicted octanol–water partition coefficient (Wildman–Crippen LogP) is 2.47. The Kier molecular flexibility index (Phi) is 2.98. The summed E-state index contributed by atoms with van der Waals surface area (Å²) in [6, 6.07) is 8.30. The van der Waals surface area contributed by atoms with E-state index in [9.17, 15) is 0 Å². The Hall–Kier alpha value is -2.63. The molecule has 0 aliphatic carbocycles.